The highest BCUT2D eigenvalue weighted by atomic mass is 16.2. The Bertz CT molecular complexity index is 381. The molecule has 0 aliphatic rings. The molecule has 1 amide bonds. The summed E-state index contributed by atoms with van der Waals surface area (Å²) in [6.45, 7) is 0. The summed E-state index contributed by atoms with van der Waals surface area (Å²) >= 11 is 0. The molecule has 0 heterocycles. The Morgan fingerprint density at radius 3 is 2.56 bits per heavy atom. The number of nitrogens with zero attached hydrogens (tertiary/aromatic N) is 2. The van der Waals surface area contributed by atoms with E-state index in [9.17, 15) is 4.79 Å². The van der Waals surface area contributed by atoms with Gasteiger partial charge in [-0.3, -0.25) is 10.2 Å². The highest BCUT2D eigenvalue weighted by Crippen LogP contribution is 2.08. The fourth-order valence-electron chi connectivity index (χ4n) is 1.35. The van der Waals surface area contributed by atoms with E-state index >= 15 is 0 Å². The summed E-state index contributed by atoms with van der Waals surface area (Å²) in [5.41, 5.74) is 3.57. The first-order valence-electron chi connectivity index (χ1n) is 5.05. The van der Waals surface area contributed by atoms with Crippen molar-refractivity contribution in [2.24, 2.45) is 5.92 Å². The number of hydrogen-bond acceptors (Lipinski definition) is 3. The number of benzene rings is 1. The average Bonchev–Trinajstić information content (AvgIpc) is 2.26. The van der Waals surface area contributed by atoms with E-state index in [1.54, 1.807) is 14.1 Å². The molecule has 1 aromatic rings. The first kappa shape index (κ1) is 12.2. The van der Waals surface area contributed by atoms with Crippen molar-refractivity contribution in [3.8, 4) is 6.07 Å². The molecule has 0 aliphatic carbocycles. The van der Waals surface area contributed by atoms with Gasteiger partial charge >= 0.3 is 0 Å². The van der Waals surface area contributed by atoms with Gasteiger partial charge in [-0.25, -0.2) is 5.01 Å². The zero-order chi connectivity index (χ0) is 12.0. The molecule has 84 valence electrons. The van der Waals surface area contributed by atoms with Gasteiger partial charge in [0.25, 0.3) is 5.91 Å². The number of amides is 1. The van der Waals surface area contributed by atoms with Crippen molar-refractivity contribution in [3.05, 3.63) is 35.9 Å². The SMILES string of the molecule is CN(C)NC(=O)C(C#N)Cc1ccccc1. The zero-order valence-electron chi connectivity index (χ0n) is 9.47. The van der Waals surface area contributed by atoms with Crippen LogP contribution in [0.15, 0.2) is 30.3 Å². The number of hydrazine groups is 1. The monoisotopic (exact) mass is 217 g/mol. The van der Waals surface area contributed by atoms with E-state index < -0.39 is 5.92 Å². The normalized spacial score (nSPS) is 11.9. The molecule has 16 heavy (non-hydrogen) atoms. The van der Waals surface area contributed by atoms with Gasteiger partial charge in [-0.2, -0.15) is 5.26 Å². The van der Waals surface area contributed by atoms with E-state index in [1.807, 2.05) is 36.4 Å². The molecule has 1 N–H and O–H groups in total. The molecule has 0 bridgehead atoms. The van der Waals surface area contributed by atoms with Gasteiger partial charge in [0.2, 0.25) is 0 Å². The third-order valence-electron chi connectivity index (χ3n) is 2.09. The molecule has 0 spiro atoms. The number of carbonyl (C=O) groups is 1. The first-order chi connectivity index (χ1) is 7.63. The Balaban J connectivity index is 2.63. The molecule has 1 unspecified atom stereocenters. The predicted octanol–water partition coefficient (Wildman–Crippen LogP) is 0.962. The molecule has 4 nitrogen and oxygen atoms in total. The fourth-order valence-corrected chi connectivity index (χ4v) is 1.35. The summed E-state index contributed by atoms with van der Waals surface area (Å²) in [4.78, 5) is 11.6. The van der Waals surface area contributed by atoms with Crippen LogP contribution in [0.1, 0.15) is 5.56 Å². The molecule has 0 aromatic heterocycles. The van der Waals surface area contributed by atoms with Crippen LogP contribution in [0.5, 0.6) is 0 Å². The van der Waals surface area contributed by atoms with Crippen LogP contribution in [-0.4, -0.2) is 25.0 Å². The van der Waals surface area contributed by atoms with Crippen LogP contribution in [0.3, 0.4) is 0 Å². The Hall–Kier alpha value is -1.86. The maximum atomic E-state index is 11.6. The third-order valence-corrected chi connectivity index (χ3v) is 2.09. The molecule has 0 saturated heterocycles. The minimum absolute atomic E-state index is 0.267. The standard InChI is InChI=1S/C12H15N3O/c1-15(2)14-12(16)11(9-13)8-10-6-4-3-5-7-10/h3-7,11H,8H2,1-2H3,(H,14,16). The van der Waals surface area contributed by atoms with Crippen LogP contribution in [0.4, 0.5) is 0 Å². The molecule has 1 atom stereocenters. The fraction of sp³-hybridized carbons (Fsp3) is 0.333. The molecule has 1 rings (SSSR count). The summed E-state index contributed by atoms with van der Waals surface area (Å²) in [5, 5.41) is 10.5. The van der Waals surface area contributed by atoms with Crippen molar-refractivity contribution in [1.29, 1.82) is 5.26 Å². The van der Waals surface area contributed by atoms with Crippen molar-refractivity contribution in [2.45, 2.75) is 6.42 Å². The number of nitrogens with one attached hydrogen (secondary N) is 1. The molecule has 0 saturated carbocycles. The highest BCUT2D eigenvalue weighted by Gasteiger charge is 2.18. The second-order valence-electron chi connectivity index (χ2n) is 3.74. The van der Waals surface area contributed by atoms with Crippen LogP contribution < -0.4 is 5.43 Å². The van der Waals surface area contributed by atoms with Gasteiger partial charge in [-0.15, -0.1) is 0 Å². The van der Waals surface area contributed by atoms with E-state index in [-0.39, 0.29) is 5.91 Å². The van der Waals surface area contributed by atoms with Crippen molar-refractivity contribution in [3.63, 3.8) is 0 Å². The Kier molecular flexibility index (Phi) is 4.49. The Morgan fingerprint density at radius 2 is 2.06 bits per heavy atom. The predicted molar refractivity (Wildman–Crippen MR) is 61.1 cm³/mol. The highest BCUT2D eigenvalue weighted by molar-refractivity contribution is 5.80. The van der Waals surface area contributed by atoms with E-state index in [1.165, 1.54) is 5.01 Å². The number of rotatable bonds is 4. The number of hydrogen-bond donors (Lipinski definition) is 1. The zero-order valence-corrected chi connectivity index (χ0v) is 9.47. The maximum Gasteiger partial charge on any atom is 0.251 e. The van der Waals surface area contributed by atoms with Crippen LogP contribution in [0, 0.1) is 17.2 Å². The summed E-state index contributed by atoms with van der Waals surface area (Å²) in [5.74, 6) is -0.916. The Labute approximate surface area is 95.5 Å². The van der Waals surface area contributed by atoms with Crippen LogP contribution in [0.25, 0.3) is 0 Å². The number of nitriles is 1. The van der Waals surface area contributed by atoms with E-state index in [2.05, 4.69) is 5.43 Å². The van der Waals surface area contributed by atoms with Crippen molar-refractivity contribution in [1.82, 2.24) is 10.4 Å². The summed E-state index contributed by atoms with van der Waals surface area (Å²) in [7, 11) is 3.43. The first-order valence-corrected chi connectivity index (χ1v) is 5.05. The second kappa shape index (κ2) is 5.89. The van der Waals surface area contributed by atoms with Gasteiger partial charge in [-0.1, -0.05) is 30.3 Å². The van der Waals surface area contributed by atoms with E-state index in [0.717, 1.165) is 5.56 Å². The molecular weight excluding hydrogens is 202 g/mol. The summed E-state index contributed by atoms with van der Waals surface area (Å²) in [6, 6.07) is 11.5. The molecular formula is C12H15N3O. The van der Waals surface area contributed by atoms with E-state index in [4.69, 9.17) is 5.26 Å². The minimum atomic E-state index is -0.648. The van der Waals surface area contributed by atoms with E-state index in [0.29, 0.717) is 6.42 Å². The van der Waals surface area contributed by atoms with Crippen molar-refractivity contribution < 1.29 is 4.79 Å². The van der Waals surface area contributed by atoms with Crippen LogP contribution in [-0.2, 0) is 11.2 Å². The second-order valence-corrected chi connectivity index (χ2v) is 3.74. The largest absolute Gasteiger partial charge is 0.288 e. The van der Waals surface area contributed by atoms with Gasteiger partial charge in [0, 0.05) is 14.1 Å². The van der Waals surface area contributed by atoms with Gasteiger partial charge < -0.3 is 0 Å². The third kappa shape index (κ3) is 3.71. The maximum absolute atomic E-state index is 11.6. The van der Waals surface area contributed by atoms with Crippen molar-refractivity contribution >= 4 is 5.91 Å². The van der Waals surface area contributed by atoms with Gasteiger partial charge in [0.1, 0.15) is 5.92 Å². The lowest BCUT2D eigenvalue weighted by Gasteiger charge is -2.14. The van der Waals surface area contributed by atoms with Crippen molar-refractivity contribution in [2.75, 3.05) is 14.1 Å². The molecule has 0 aliphatic heterocycles. The Morgan fingerprint density at radius 1 is 1.44 bits per heavy atom. The minimum Gasteiger partial charge on any atom is -0.288 e. The lowest BCUT2D eigenvalue weighted by molar-refractivity contribution is -0.127. The molecule has 0 fully saturated rings. The summed E-state index contributed by atoms with van der Waals surface area (Å²) in [6.07, 6.45) is 0.441. The number of carbonyl (C=O) groups excluding carboxylic acids is 1. The summed E-state index contributed by atoms with van der Waals surface area (Å²) < 4.78 is 0. The molecule has 4 heteroatoms. The topological polar surface area (TPSA) is 56.1 Å². The molecule has 1 aromatic carbocycles. The lowest BCUT2D eigenvalue weighted by Crippen LogP contribution is -2.40. The van der Waals surface area contributed by atoms with Gasteiger partial charge in [0.05, 0.1) is 6.07 Å². The quantitative estimate of drug-likeness (QED) is 0.764. The van der Waals surface area contributed by atoms with Gasteiger partial charge in [-0.05, 0) is 12.0 Å². The lowest BCUT2D eigenvalue weighted by atomic mass is 10.0. The smallest absolute Gasteiger partial charge is 0.251 e. The molecule has 0 radical (unpaired) electrons. The van der Waals surface area contributed by atoms with Crippen LogP contribution in [0.2, 0.25) is 0 Å². The average molecular weight is 217 g/mol. The van der Waals surface area contributed by atoms with Gasteiger partial charge in [0.15, 0.2) is 0 Å². The van der Waals surface area contributed by atoms with Crippen LogP contribution >= 0.6 is 0 Å².